The Morgan fingerprint density at radius 1 is 0.333 bits per heavy atom. The summed E-state index contributed by atoms with van der Waals surface area (Å²) in [5.41, 5.74) is 11.9. The number of para-hydroxylation sites is 1. The van der Waals surface area contributed by atoms with Gasteiger partial charge in [-0.3, -0.25) is 0 Å². The summed E-state index contributed by atoms with van der Waals surface area (Å²) in [4.78, 5) is 17.5. The first-order valence-corrected chi connectivity index (χ1v) is 20.1. The first-order valence-electron chi connectivity index (χ1n) is 20.1. The molecule has 0 unspecified atom stereocenters. The van der Waals surface area contributed by atoms with Crippen LogP contribution in [0.4, 0.5) is 17.1 Å². The van der Waals surface area contributed by atoms with E-state index in [0.29, 0.717) is 17.5 Å². The Morgan fingerprint density at radius 2 is 0.767 bits per heavy atom. The zero-order valence-electron chi connectivity index (χ0n) is 32.5. The van der Waals surface area contributed by atoms with Gasteiger partial charge in [0.2, 0.25) is 0 Å². The maximum Gasteiger partial charge on any atom is 0.167 e. The van der Waals surface area contributed by atoms with Crippen LogP contribution in [0.25, 0.3) is 89.1 Å². The van der Waals surface area contributed by atoms with Crippen molar-refractivity contribution in [3.05, 3.63) is 218 Å². The summed E-state index contributed by atoms with van der Waals surface area (Å²) >= 11 is 0. The van der Waals surface area contributed by atoms with Crippen LogP contribution in [0.15, 0.2) is 223 Å². The molecule has 2 heterocycles. The largest absolute Gasteiger partial charge is 0.455 e. The van der Waals surface area contributed by atoms with Crippen molar-refractivity contribution in [1.29, 1.82) is 0 Å². The summed E-state index contributed by atoms with van der Waals surface area (Å²) in [6, 6.07) is 75.8. The van der Waals surface area contributed by atoms with Crippen molar-refractivity contribution in [2.24, 2.45) is 0 Å². The van der Waals surface area contributed by atoms with Crippen LogP contribution in [0, 0.1) is 0 Å². The highest BCUT2D eigenvalue weighted by Crippen LogP contribution is 2.44. The van der Waals surface area contributed by atoms with Gasteiger partial charge in [-0.25, -0.2) is 15.0 Å². The molecule has 5 nitrogen and oxygen atoms in total. The molecule has 5 heteroatoms. The summed E-state index contributed by atoms with van der Waals surface area (Å²) in [5, 5.41) is 4.32. The minimum Gasteiger partial charge on any atom is -0.455 e. The van der Waals surface area contributed by atoms with Gasteiger partial charge in [0.1, 0.15) is 11.2 Å². The third-order valence-electron chi connectivity index (χ3n) is 11.1. The fourth-order valence-corrected chi connectivity index (χ4v) is 8.16. The van der Waals surface area contributed by atoms with Gasteiger partial charge in [-0.1, -0.05) is 164 Å². The highest BCUT2D eigenvalue weighted by atomic mass is 16.3. The summed E-state index contributed by atoms with van der Waals surface area (Å²) in [5.74, 6) is 1.76. The number of benzene rings is 9. The Morgan fingerprint density at radius 3 is 1.35 bits per heavy atom. The molecule has 11 aromatic rings. The number of furan rings is 1. The number of rotatable bonds is 8. The lowest BCUT2D eigenvalue weighted by Gasteiger charge is -2.26. The summed E-state index contributed by atoms with van der Waals surface area (Å²) in [6.45, 7) is 0. The molecule has 60 heavy (non-hydrogen) atoms. The van der Waals surface area contributed by atoms with Crippen LogP contribution >= 0.6 is 0 Å². The van der Waals surface area contributed by atoms with Crippen LogP contribution in [0.2, 0.25) is 0 Å². The molecule has 0 fully saturated rings. The van der Waals surface area contributed by atoms with Gasteiger partial charge in [0.15, 0.2) is 17.5 Å². The summed E-state index contributed by atoms with van der Waals surface area (Å²) < 4.78 is 6.91. The van der Waals surface area contributed by atoms with Gasteiger partial charge in [-0.05, 0) is 87.6 Å². The van der Waals surface area contributed by atoms with Crippen LogP contribution in [0.5, 0.6) is 0 Å². The molecule has 0 aliphatic carbocycles. The number of hydrogen-bond donors (Lipinski definition) is 0. The van der Waals surface area contributed by atoms with Gasteiger partial charge in [0.05, 0.1) is 5.56 Å². The zero-order chi connectivity index (χ0) is 39.8. The third-order valence-corrected chi connectivity index (χ3v) is 11.1. The van der Waals surface area contributed by atoms with E-state index in [-0.39, 0.29) is 0 Å². The quantitative estimate of drug-likeness (QED) is 0.154. The van der Waals surface area contributed by atoms with Crippen LogP contribution in [-0.4, -0.2) is 15.0 Å². The maximum absolute atomic E-state index is 6.91. The van der Waals surface area contributed by atoms with Crippen LogP contribution in [0.1, 0.15) is 0 Å². The molecule has 9 aromatic carbocycles. The highest BCUT2D eigenvalue weighted by molar-refractivity contribution is 6.18. The fraction of sp³-hybridized carbons (Fsp3) is 0. The highest BCUT2D eigenvalue weighted by Gasteiger charge is 2.22. The van der Waals surface area contributed by atoms with Gasteiger partial charge in [0, 0.05) is 39.0 Å². The minimum absolute atomic E-state index is 0.551. The Kier molecular flexibility index (Phi) is 8.75. The molecule has 0 saturated heterocycles. The van der Waals surface area contributed by atoms with E-state index in [0.717, 1.165) is 77.6 Å². The molecule has 0 aliphatic heterocycles. The summed E-state index contributed by atoms with van der Waals surface area (Å²) in [6.07, 6.45) is 0. The molecule has 2 aromatic heterocycles. The monoisotopic (exact) mass is 768 g/mol. The molecular weight excluding hydrogens is 733 g/mol. The lowest BCUT2D eigenvalue weighted by Crippen LogP contribution is -2.09. The maximum atomic E-state index is 6.91. The van der Waals surface area contributed by atoms with E-state index in [1.54, 1.807) is 0 Å². The molecule has 0 amide bonds. The van der Waals surface area contributed by atoms with E-state index < -0.39 is 0 Å². The normalized spacial score (nSPS) is 11.3. The molecule has 0 bridgehead atoms. The zero-order valence-corrected chi connectivity index (χ0v) is 32.5. The number of aromatic nitrogens is 3. The van der Waals surface area contributed by atoms with Gasteiger partial charge in [-0.15, -0.1) is 0 Å². The Hall–Kier alpha value is -8.15. The van der Waals surface area contributed by atoms with Gasteiger partial charge in [0.25, 0.3) is 0 Å². The molecular formula is C55H36N4O. The minimum atomic E-state index is 0.551. The van der Waals surface area contributed by atoms with Gasteiger partial charge >= 0.3 is 0 Å². The van der Waals surface area contributed by atoms with Crippen molar-refractivity contribution >= 4 is 49.8 Å². The van der Waals surface area contributed by atoms with Crippen LogP contribution < -0.4 is 4.90 Å². The van der Waals surface area contributed by atoms with Crippen molar-refractivity contribution in [3.8, 4) is 56.4 Å². The van der Waals surface area contributed by atoms with Crippen LogP contribution in [0.3, 0.4) is 0 Å². The smallest absolute Gasteiger partial charge is 0.167 e. The lowest BCUT2D eigenvalue weighted by molar-refractivity contribution is 0.670. The first-order chi connectivity index (χ1) is 29.7. The van der Waals surface area contributed by atoms with Crippen molar-refractivity contribution < 1.29 is 4.42 Å². The number of fused-ring (bicyclic) bond motifs is 4. The van der Waals surface area contributed by atoms with Gasteiger partial charge < -0.3 is 9.32 Å². The van der Waals surface area contributed by atoms with Crippen molar-refractivity contribution in [1.82, 2.24) is 15.0 Å². The van der Waals surface area contributed by atoms with Gasteiger partial charge in [-0.2, -0.15) is 0 Å². The molecule has 0 aliphatic rings. The number of anilines is 3. The lowest BCUT2D eigenvalue weighted by atomic mass is 9.95. The van der Waals surface area contributed by atoms with Crippen molar-refractivity contribution in [2.45, 2.75) is 0 Å². The molecule has 0 N–H and O–H groups in total. The fourth-order valence-electron chi connectivity index (χ4n) is 8.16. The van der Waals surface area contributed by atoms with E-state index in [1.807, 2.05) is 66.7 Å². The van der Waals surface area contributed by atoms with Crippen LogP contribution in [-0.2, 0) is 0 Å². The van der Waals surface area contributed by atoms with E-state index in [1.165, 1.54) is 11.1 Å². The third kappa shape index (κ3) is 6.45. The summed E-state index contributed by atoms with van der Waals surface area (Å²) in [7, 11) is 0. The molecule has 282 valence electrons. The second kappa shape index (κ2) is 15.0. The molecule has 0 atom stereocenters. The van der Waals surface area contributed by atoms with Crippen molar-refractivity contribution in [2.75, 3.05) is 4.90 Å². The average molecular weight is 769 g/mol. The topological polar surface area (TPSA) is 55.1 Å². The van der Waals surface area contributed by atoms with E-state index in [4.69, 9.17) is 19.4 Å². The SMILES string of the molecule is c1ccc(-c2ccc(N(c3ccccc3)c3ccc(-c4ccc(-c5nc(-c6ccccc6)nc(-c6ccccc6)n5)c5oc6cc7ccccc7cc6c45)cc3)cc2)cc1. The second-order valence-electron chi connectivity index (χ2n) is 14.8. The Bertz CT molecular complexity index is 3220. The first kappa shape index (κ1) is 35.0. The molecule has 0 radical (unpaired) electrons. The van der Waals surface area contributed by atoms with E-state index in [2.05, 4.69) is 157 Å². The van der Waals surface area contributed by atoms with E-state index in [9.17, 15) is 0 Å². The Balaban J connectivity index is 1.07. The molecule has 11 rings (SSSR count). The standard InChI is InChI=1S/C55H36N4O/c1-5-15-37(16-6-1)38-25-29-45(30-26-38)59(44-23-11-4-12-24-44)46-31-27-39(28-32-46)47-33-34-48(52-51(47)49-35-42-21-13-14-22-43(42)36-50(49)60-52)55-57-53(40-17-7-2-8-18-40)56-54(58-55)41-19-9-3-10-20-41/h1-36H. The molecule has 0 saturated carbocycles. The predicted molar refractivity (Wildman–Crippen MR) is 246 cm³/mol. The number of nitrogens with zero attached hydrogens (tertiary/aromatic N) is 4. The Labute approximate surface area is 347 Å². The average Bonchev–Trinajstić information content (AvgIpc) is 3.70. The second-order valence-corrected chi connectivity index (χ2v) is 14.8. The molecule has 0 spiro atoms. The number of hydrogen-bond acceptors (Lipinski definition) is 5. The van der Waals surface area contributed by atoms with Crippen molar-refractivity contribution in [3.63, 3.8) is 0 Å². The predicted octanol–water partition coefficient (Wildman–Crippen LogP) is 14.7. The van der Waals surface area contributed by atoms with E-state index >= 15 is 0 Å².